The van der Waals surface area contributed by atoms with Crippen LogP contribution in [0.1, 0.15) is 87.5 Å². The first-order valence-corrected chi connectivity index (χ1v) is 16.5. The van der Waals surface area contributed by atoms with Crippen molar-refractivity contribution in [2.24, 2.45) is 34.3 Å². The first-order valence-electron chi connectivity index (χ1n) is 16.5. The molecule has 12 nitrogen and oxygen atoms in total. The van der Waals surface area contributed by atoms with Crippen LogP contribution in [0.25, 0.3) is 0 Å². The van der Waals surface area contributed by atoms with E-state index in [2.05, 4.69) is 16.0 Å². The number of amides is 5. The van der Waals surface area contributed by atoms with Crippen LogP contribution >= 0.6 is 0 Å². The van der Waals surface area contributed by atoms with E-state index >= 15 is 0 Å². The molecule has 1 aromatic heterocycles. The van der Waals surface area contributed by atoms with Gasteiger partial charge in [0.2, 0.25) is 17.6 Å². The molecule has 1 aliphatic heterocycles. The number of urea groups is 1. The number of pyridine rings is 1. The summed E-state index contributed by atoms with van der Waals surface area (Å²) in [5.41, 5.74) is 3.99. The van der Waals surface area contributed by atoms with Crippen LogP contribution in [0.15, 0.2) is 29.2 Å². The van der Waals surface area contributed by atoms with E-state index in [-0.39, 0.29) is 29.9 Å². The smallest absolute Gasteiger partial charge is 0.315 e. The number of primary amides is 1. The van der Waals surface area contributed by atoms with E-state index < -0.39 is 64.5 Å². The second-order valence-corrected chi connectivity index (χ2v) is 15.5. The number of hydrogen-bond acceptors (Lipinski definition) is 6. The molecular weight excluding hydrogens is 588 g/mol. The number of hydrogen-bond donors (Lipinski definition) is 4. The monoisotopic (exact) mass is 642 g/mol. The SMILES string of the molecule is CC(C)[C@H]1CCN(C(=O)[C@@H](NC(=O)N[C@H](Cn2ccccc2=O)C(C)(C)C)C(C)(C)C)[C@@H]1C(=O)NC(CC1CCC1)C(=O)C(N)=O. The molecule has 2 fully saturated rings. The van der Waals surface area contributed by atoms with Crippen molar-refractivity contribution < 1.29 is 24.0 Å². The molecule has 1 saturated carbocycles. The van der Waals surface area contributed by atoms with Gasteiger partial charge in [-0.2, -0.15) is 0 Å². The number of likely N-dealkylation sites (tertiary alicyclic amines) is 1. The van der Waals surface area contributed by atoms with Gasteiger partial charge in [-0.3, -0.25) is 24.0 Å². The van der Waals surface area contributed by atoms with Gasteiger partial charge in [-0.05, 0) is 47.5 Å². The fourth-order valence-electron chi connectivity index (χ4n) is 6.31. The fraction of sp³-hybridized carbons (Fsp3) is 0.706. The Hall–Kier alpha value is -3.70. The topological polar surface area (TPSA) is 173 Å². The lowest BCUT2D eigenvalue weighted by molar-refractivity contribution is -0.144. The van der Waals surface area contributed by atoms with Crippen LogP contribution in [-0.4, -0.2) is 69.7 Å². The van der Waals surface area contributed by atoms with Crippen LogP contribution in [0.5, 0.6) is 0 Å². The largest absolute Gasteiger partial charge is 0.363 e. The number of carbonyl (C=O) groups is 5. The summed E-state index contributed by atoms with van der Waals surface area (Å²) in [5, 5.41) is 8.65. The Labute approximate surface area is 272 Å². The summed E-state index contributed by atoms with van der Waals surface area (Å²) < 4.78 is 1.53. The van der Waals surface area contributed by atoms with E-state index in [0.717, 1.165) is 19.3 Å². The zero-order valence-electron chi connectivity index (χ0n) is 28.7. The Morgan fingerprint density at radius 1 is 0.935 bits per heavy atom. The third-order valence-corrected chi connectivity index (χ3v) is 9.54. The summed E-state index contributed by atoms with van der Waals surface area (Å²) >= 11 is 0. The van der Waals surface area contributed by atoms with Gasteiger partial charge in [0, 0.05) is 25.4 Å². The molecule has 5 atom stereocenters. The van der Waals surface area contributed by atoms with Crippen LogP contribution in [0.2, 0.25) is 0 Å². The first kappa shape index (κ1) is 36.8. The van der Waals surface area contributed by atoms with Crippen LogP contribution in [0.3, 0.4) is 0 Å². The van der Waals surface area contributed by atoms with E-state index in [4.69, 9.17) is 5.73 Å². The van der Waals surface area contributed by atoms with Gasteiger partial charge in [-0.25, -0.2) is 4.79 Å². The minimum atomic E-state index is -1.10. The van der Waals surface area contributed by atoms with Gasteiger partial charge >= 0.3 is 6.03 Å². The lowest BCUT2D eigenvalue weighted by Crippen LogP contribution is -2.62. The van der Waals surface area contributed by atoms with Crippen LogP contribution in [-0.2, 0) is 25.7 Å². The number of Topliss-reactive ketones (excluding diaryl/α,β-unsaturated/α-hetero) is 1. The lowest BCUT2D eigenvalue weighted by Gasteiger charge is -2.38. The van der Waals surface area contributed by atoms with Crippen molar-refractivity contribution in [1.29, 1.82) is 0 Å². The van der Waals surface area contributed by atoms with Gasteiger partial charge in [-0.15, -0.1) is 0 Å². The predicted molar refractivity (Wildman–Crippen MR) is 175 cm³/mol. The molecule has 0 radical (unpaired) electrons. The number of rotatable bonds is 12. The molecule has 46 heavy (non-hydrogen) atoms. The van der Waals surface area contributed by atoms with Crippen molar-refractivity contribution in [2.45, 2.75) is 118 Å². The van der Waals surface area contributed by atoms with E-state index in [9.17, 15) is 28.8 Å². The third-order valence-electron chi connectivity index (χ3n) is 9.54. The van der Waals surface area contributed by atoms with Crippen LogP contribution in [0, 0.1) is 28.6 Å². The number of carbonyl (C=O) groups excluding carboxylic acids is 5. The zero-order chi connectivity index (χ0) is 34.6. The maximum atomic E-state index is 14.3. The molecule has 2 heterocycles. The van der Waals surface area contributed by atoms with Gasteiger partial charge < -0.3 is 31.2 Å². The lowest BCUT2D eigenvalue weighted by atomic mass is 9.80. The maximum absolute atomic E-state index is 14.3. The predicted octanol–water partition coefficient (Wildman–Crippen LogP) is 2.58. The van der Waals surface area contributed by atoms with E-state index in [1.165, 1.54) is 15.5 Å². The standard InChI is InChI=1S/C34H54N6O6/c1-20(2)22-15-17-40(26(22)30(44)36-23(27(42)29(35)43)18-21-12-11-13-21)31(45)28(34(6,7)8)38-32(46)37-24(33(3,4)5)19-39-16-10-9-14-25(39)41/h9-10,14,16,20-24,26,28H,11-13,15,17-19H2,1-8H3,(H2,35,43)(H,36,44)(H2,37,38,46)/t22-,23?,24-,26+,28-/m1/s1. The molecule has 5 N–H and O–H groups in total. The fourth-order valence-corrected chi connectivity index (χ4v) is 6.31. The Kier molecular flexibility index (Phi) is 11.8. The van der Waals surface area contributed by atoms with Crippen molar-refractivity contribution in [3.8, 4) is 0 Å². The summed E-state index contributed by atoms with van der Waals surface area (Å²) in [5.74, 6) is -2.77. The van der Waals surface area contributed by atoms with Gasteiger partial charge in [0.15, 0.2) is 0 Å². The summed E-state index contributed by atoms with van der Waals surface area (Å²) in [6, 6.07) is 0.923. The van der Waals surface area contributed by atoms with Crippen molar-refractivity contribution >= 4 is 29.5 Å². The third kappa shape index (κ3) is 9.19. The normalized spacial score (nSPS) is 20.8. The minimum absolute atomic E-state index is 0.0451. The Balaban J connectivity index is 1.84. The molecule has 1 saturated heterocycles. The molecule has 5 amide bonds. The summed E-state index contributed by atoms with van der Waals surface area (Å²) in [7, 11) is 0. The molecule has 1 aromatic rings. The van der Waals surface area contributed by atoms with Crippen LogP contribution in [0.4, 0.5) is 4.79 Å². The summed E-state index contributed by atoms with van der Waals surface area (Å²) in [6.45, 7) is 15.9. The number of ketones is 1. The molecule has 2 aliphatic rings. The maximum Gasteiger partial charge on any atom is 0.315 e. The van der Waals surface area contributed by atoms with Gasteiger partial charge in [-0.1, -0.05) is 80.7 Å². The Morgan fingerprint density at radius 3 is 2.09 bits per heavy atom. The van der Waals surface area contributed by atoms with Crippen molar-refractivity contribution in [1.82, 2.24) is 25.4 Å². The first-order chi connectivity index (χ1) is 21.3. The summed E-state index contributed by atoms with van der Waals surface area (Å²) in [6.07, 6.45) is 5.43. The Bertz CT molecular complexity index is 1340. The highest BCUT2D eigenvalue weighted by atomic mass is 16.2. The molecule has 0 aromatic carbocycles. The van der Waals surface area contributed by atoms with Gasteiger partial charge in [0.1, 0.15) is 12.1 Å². The number of aromatic nitrogens is 1. The van der Waals surface area contributed by atoms with Gasteiger partial charge in [0.05, 0.1) is 12.1 Å². The van der Waals surface area contributed by atoms with Crippen molar-refractivity contribution in [2.75, 3.05) is 6.54 Å². The molecule has 3 rings (SSSR count). The van der Waals surface area contributed by atoms with Crippen LogP contribution < -0.4 is 27.2 Å². The van der Waals surface area contributed by atoms with Crippen molar-refractivity contribution in [3.05, 3.63) is 34.7 Å². The highest BCUT2D eigenvalue weighted by molar-refractivity contribution is 6.37. The number of nitrogens with one attached hydrogen (secondary N) is 3. The van der Waals surface area contributed by atoms with E-state index in [1.807, 2.05) is 55.4 Å². The Morgan fingerprint density at radius 2 is 1.59 bits per heavy atom. The quantitative estimate of drug-likeness (QED) is 0.255. The van der Waals surface area contributed by atoms with Gasteiger partial charge in [0.25, 0.3) is 11.5 Å². The average molecular weight is 643 g/mol. The molecular formula is C34H54N6O6. The molecule has 1 unspecified atom stereocenters. The minimum Gasteiger partial charge on any atom is -0.363 e. The number of nitrogens with two attached hydrogens (primary N) is 1. The molecule has 1 aliphatic carbocycles. The number of nitrogens with zero attached hydrogens (tertiary/aromatic N) is 2. The average Bonchev–Trinajstić information content (AvgIpc) is 3.37. The van der Waals surface area contributed by atoms with Crippen molar-refractivity contribution in [3.63, 3.8) is 0 Å². The molecule has 256 valence electrons. The van der Waals surface area contributed by atoms with E-state index in [0.29, 0.717) is 19.4 Å². The molecule has 12 heteroatoms. The highest BCUT2D eigenvalue weighted by Crippen LogP contribution is 2.34. The molecule has 0 bridgehead atoms. The second-order valence-electron chi connectivity index (χ2n) is 15.5. The van der Waals surface area contributed by atoms with E-state index in [1.54, 1.807) is 18.3 Å². The highest BCUT2D eigenvalue weighted by Gasteiger charge is 2.48. The summed E-state index contributed by atoms with van der Waals surface area (Å²) in [4.78, 5) is 80.2. The molecule has 0 spiro atoms. The zero-order valence-corrected chi connectivity index (χ0v) is 28.7. The second kappa shape index (κ2) is 14.8.